The van der Waals surface area contributed by atoms with Crippen LogP contribution in [-0.4, -0.2) is 41.8 Å². The zero-order valence-corrected chi connectivity index (χ0v) is 12.2. The van der Waals surface area contributed by atoms with Crippen molar-refractivity contribution in [2.75, 3.05) is 19.6 Å². The van der Waals surface area contributed by atoms with Crippen molar-refractivity contribution in [2.24, 2.45) is 23.0 Å². The highest BCUT2D eigenvalue weighted by Crippen LogP contribution is 2.38. The molecule has 1 saturated heterocycles. The molecule has 3 heteroatoms. The smallest absolute Gasteiger partial charge is 0.0693 e. The van der Waals surface area contributed by atoms with Crippen LogP contribution in [0.5, 0.6) is 0 Å². The van der Waals surface area contributed by atoms with Gasteiger partial charge >= 0.3 is 0 Å². The van der Waals surface area contributed by atoms with E-state index in [9.17, 15) is 5.11 Å². The second-order valence-corrected chi connectivity index (χ2v) is 7.42. The monoisotopic (exact) mass is 254 g/mol. The number of nitrogens with two attached hydrogens (primary N) is 1. The van der Waals surface area contributed by atoms with Gasteiger partial charge in [-0.3, -0.25) is 0 Å². The summed E-state index contributed by atoms with van der Waals surface area (Å²) in [6.07, 6.45) is 4.61. The van der Waals surface area contributed by atoms with E-state index in [1.165, 1.54) is 12.8 Å². The van der Waals surface area contributed by atoms with Crippen molar-refractivity contribution in [3.05, 3.63) is 0 Å². The molecule has 106 valence electrons. The molecule has 0 amide bonds. The molecule has 3 N–H and O–H groups in total. The van der Waals surface area contributed by atoms with Crippen LogP contribution < -0.4 is 5.73 Å². The molecule has 4 atom stereocenters. The van der Waals surface area contributed by atoms with Gasteiger partial charge in [0, 0.05) is 19.1 Å². The molecule has 0 bridgehead atoms. The van der Waals surface area contributed by atoms with Crippen LogP contribution in [0.3, 0.4) is 0 Å². The van der Waals surface area contributed by atoms with Gasteiger partial charge in [-0.1, -0.05) is 20.8 Å². The summed E-state index contributed by atoms with van der Waals surface area (Å²) in [6, 6.07) is 0.356. The highest BCUT2D eigenvalue weighted by Gasteiger charge is 2.35. The molecular weight excluding hydrogens is 224 g/mol. The molecule has 1 saturated carbocycles. The molecule has 2 aliphatic rings. The largest absolute Gasteiger partial charge is 0.392 e. The van der Waals surface area contributed by atoms with Crippen molar-refractivity contribution in [3.8, 4) is 0 Å². The van der Waals surface area contributed by atoms with Crippen molar-refractivity contribution in [1.29, 1.82) is 0 Å². The molecule has 0 aromatic rings. The Balaban J connectivity index is 1.88. The normalized spacial score (nSPS) is 41.8. The SMILES string of the molecule is CC1CCN(CC2CC(C)(C)CCC2N)CC1O. The zero-order valence-electron chi connectivity index (χ0n) is 12.2. The van der Waals surface area contributed by atoms with E-state index in [0.29, 0.717) is 23.3 Å². The van der Waals surface area contributed by atoms with Gasteiger partial charge in [0.15, 0.2) is 0 Å². The Bertz CT molecular complexity index is 280. The minimum absolute atomic E-state index is 0.147. The standard InChI is InChI=1S/C15H30N2O/c1-11-5-7-17(10-14(11)18)9-12-8-15(2,3)6-4-13(12)16/h11-14,18H,4-10,16H2,1-3H3. The molecule has 2 rings (SSSR count). The Morgan fingerprint density at radius 1 is 1.33 bits per heavy atom. The summed E-state index contributed by atoms with van der Waals surface area (Å²) in [7, 11) is 0. The minimum atomic E-state index is -0.147. The molecule has 2 fully saturated rings. The average Bonchev–Trinajstić information content (AvgIpc) is 2.28. The van der Waals surface area contributed by atoms with E-state index in [1.54, 1.807) is 0 Å². The first-order valence-corrected chi connectivity index (χ1v) is 7.53. The lowest BCUT2D eigenvalue weighted by Gasteiger charge is -2.43. The predicted molar refractivity (Wildman–Crippen MR) is 75.3 cm³/mol. The van der Waals surface area contributed by atoms with Crippen LogP contribution in [0.25, 0.3) is 0 Å². The maximum atomic E-state index is 9.97. The molecular formula is C15H30N2O. The van der Waals surface area contributed by atoms with Gasteiger partial charge in [-0.25, -0.2) is 0 Å². The molecule has 0 aromatic heterocycles. The molecule has 4 unspecified atom stereocenters. The van der Waals surface area contributed by atoms with E-state index in [-0.39, 0.29) is 6.10 Å². The summed E-state index contributed by atoms with van der Waals surface area (Å²) in [6.45, 7) is 9.91. The van der Waals surface area contributed by atoms with Crippen LogP contribution in [0.4, 0.5) is 0 Å². The predicted octanol–water partition coefficient (Wildman–Crippen LogP) is 1.84. The minimum Gasteiger partial charge on any atom is -0.392 e. The second-order valence-electron chi connectivity index (χ2n) is 7.42. The van der Waals surface area contributed by atoms with Gasteiger partial charge in [-0.05, 0) is 49.5 Å². The summed E-state index contributed by atoms with van der Waals surface area (Å²) in [5, 5.41) is 9.97. The number of aliphatic hydroxyl groups is 1. The number of aliphatic hydroxyl groups excluding tert-OH is 1. The van der Waals surface area contributed by atoms with Crippen LogP contribution >= 0.6 is 0 Å². The maximum absolute atomic E-state index is 9.97. The summed E-state index contributed by atoms with van der Waals surface area (Å²) < 4.78 is 0. The number of β-amino-alcohol motifs (C(OH)–C–C–N with tert-alkyl or cyclic N) is 1. The van der Waals surface area contributed by atoms with E-state index < -0.39 is 0 Å². The summed E-state index contributed by atoms with van der Waals surface area (Å²) in [5.74, 6) is 1.06. The lowest BCUT2D eigenvalue weighted by atomic mass is 9.70. The van der Waals surface area contributed by atoms with Crippen LogP contribution in [-0.2, 0) is 0 Å². The summed E-state index contributed by atoms with van der Waals surface area (Å²) in [4.78, 5) is 2.43. The molecule has 1 aliphatic heterocycles. The Hall–Kier alpha value is -0.120. The molecule has 3 nitrogen and oxygen atoms in total. The Morgan fingerprint density at radius 3 is 2.72 bits per heavy atom. The van der Waals surface area contributed by atoms with E-state index >= 15 is 0 Å². The molecule has 1 aliphatic carbocycles. The Morgan fingerprint density at radius 2 is 2.06 bits per heavy atom. The fourth-order valence-electron chi connectivity index (χ4n) is 3.57. The Labute approximate surface area is 112 Å². The molecule has 1 heterocycles. The third-order valence-corrected chi connectivity index (χ3v) is 5.07. The van der Waals surface area contributed by atoms with Gasteiger partial charge in [0.05, 0.1) is 6.10 Å². The summed E-state index contributed by atoms with van der Waals surface area (Å²) in [5.41, 5.74) is 6.74. The number of piperidine rings is 1. The van der Waals surface area contributed by atoms with Crippen LogP contribution in [0.2, 0.25) is 0 Å². The number of likely N-dealkylation sites (tertiary alicyclic amines) is 1. The number of hydrogen-bond acceptors (Lipinski definition) is 3. The lowest BCUT2D eigenvalue weighted by Crippen LogP contribution is -2.49. The van der Waals surface area contributed by atoms with Crippen molar-refractivity contribution < 1.29 is 5.11 Å². The fourth-order valence-corrected chi connectivity index (χ4v) is 3.57. The van der Waals surface area contributed by atoms with Crippen molar-refractivity contribution in [2.45, 2.75) is 58.6 Å². The molecule has 18 heavy (non-hydrogen) atoms. The zero-order chi connectivity index (χ0) is 13.3. The number of nitrogens with zero attached hydrogens (tertiary/aromatic N) is 1. The fraction of sp³-hybridized carbons (Fsp3) is 1.00. The van der Waals surface area contributed by atoms with E-state index in [0.717, 1.165) is 32.5 Å². The first-order chi connectivity index (χ1) is 8.37. The van der Waals surface area contributed by atoms with Crippen LogP contribution in [0, 0.1) is 17.3 Å². The number of hydrogen-bond donors (Lipinski definition) is 2. The first kappa shape index (κ1) is 14.3. The average molecular weight is 254 g/mol. The second kappa shape index (κ2) is 5.48. The third kappa shape index (κ3) is 3.46. The Kier molecular flexibility index (Phi) is 4.35. The van der Waals surface area contributed by atoms with Gasteiger partial charge in [0.2, 0.25) is 0 Å². The van der Waals surface area contributed by atoms with Crippen molar-refractivity contribution >= 4 is 0 Å². The quantitative estimate of drug-likeness (QED) is 0.790. The third-order valence-electron chi connectivity index (χ3n) is 5.07. The van der Waals surface area contributed by atoms with E-state index in [2.05, 4.69) is 25.7 Å². The van der Waals surface area contributed by atoms with Crippen molar-refractivity contribution in [1.82, 2.24) is 4.90 Å². The van der Waals surface area contributed by atoms with Gasteiger partial charge in [0.1, 0.15) is 0 Å². The molecule has 0 spiro atoms. The lowest BCUT2D eigenvalue weighted by molar-refractivity contribution is 0.0126. The van der Waals surface area contributed by atoms with Crippen molar-refractivity contribution in [3.63, 3.8) is 0 Å². The van der Waals surface area contributed by atoms with Gasteiger partial charge in [-0.15, -0.1) is 0 Å². The van der Waals surface area contributed by atoms with Gasteiger partial charge in [0.25, 0.3) is 0 Å². The van der Waals surface area contributed by atoms with E-state index in [1.807, 2.05) is 0 Å². The highest BCUT2D eigenvalue weighted by molar-refractivity contribution is 4.89. The topological polar surface area (TPSA) is 49.5 Å². The number of rotatable bonds is 2. The van der Waals surface area contributed by atoms with Gasteiger partial charge in [-0.2, -0.15) is 0 Å². The van der Waals surface area contributed by atoms with Gasteiger partial charge < -0.3 is 15.7 Å². The first-order valence-electron chi connectivity index (χ1n) is 7.53. The van der Waals surface area contributed by atoms with Crippen LogP contribution in [0.15, 0.2) is 0 Å². The maximum Gasteiger partial charge on any atom is 0.0693 e. The highest BCUT2D eigenvalue weighted by atomic mass is 16.3. The molecule has 0 radical (unpaired) electrons. The van der Waals surface area contributed by atoms with E-state index in [4.69, 9.17) is 5.73 Å². The molecule has 0 aromatic carbocycles. The summed E-state index contributed by atoms with van der Waals surface area (Å²) >= 11 is 0. The van der Waals surface area contributed by atoms with Crippen LogP contribution in [0.1, 0.15) is 46.5 Å².